The van der Waals surface area contributed by atoms with E-state index in [1.165, 1.54) is 0 Å². The largest absolute Gasteiger partial charge is 0.328 e. The van der Waals surface area contributed by atoms with Crippen LogP contribution in [0.25, 0.3) is 11.5 Å². The molecule has 84 valence electrons. The van der Waals surface area contributed by atoms with Crippen molar-refractivity contribution in [3.05, 3.63) is 24.3 Å². The van der Waals surface area contributed by atoms with Crippen LogP contribution in [0.3, 0.4) is 0 Å². The van der Waals surface area contributed by atoms with Crippen LogP contribution in [0.4, 0.5) is 5.82 Å². The average molecular weight is 218 g/mol. The molecule has 2 aromatic heterocycles. The zero-order chi connectivity index (χ0) is 11.5. The van der Waals surface area contributed by atoms with E-state index in [9.17, 15) is 0 Å². The number of hydrazine groups is 1. The van der Waals surface area contributed by atoms with Crippen molar-refractivity contribution >= 4 is 5.82 Å². The predicted molar refractivity (Wildman–Crippen MR) is 61.5 cm³/mol. The summed E-state index contributed by atoms with van der Waals surface area (Å²) in [5.74, 6) is 6.58. The summed E-state index contributed by atoms with van der Waals surface area (Å²) in [7, 11) is 0. The summed E-state index contributed by atoms with van der Waals surface area (Å²) >= 11 is 0. The molecule has 2 aromatic rings. The van der Waals surface area contributed by atoms with Gasteiger partial charge in [0.05, 0.1) is 12.5 Å². The molecule has 3 N–H and O–H groups in total. The van der Waals surface area contributed by atoms with Crippen LogP contribution in [0.15, 0.2) is 18.6 Å². The molecule has 0 aromatic carbocycles. The van der Waals surface area contributed by atoms with Crippen molar-refractivity contribution < 1.29 is 0 Å². The van der Waals surface area contributed by atoms with Gasteiger partial charge < -0.3 is 9.99 Å². The number of nitrogens with zero attached hydrogens (tertiary/aromatic N) is 4. The van der Waals surface area contributed by atoms with Gasteiger partial charge in [-0.1, -0.05) is 0 Å². The fraction of sp³-hybridized carbons (Fsp3) is 0.300. The third-order valence-corrected chi connectivity index (χ3v) is 2.28. The van der Waals surface area contributed by atoms with Crippen LogP contribution in [-0.2, 0) is 6.54 Å². The Bertz CT molecular complexity index is 490. The number of imidazole rings is 1. The second kappa shape index (κ2) is 4.28. The number of hydrogen-bond acceptors (Lipinski definition) is 5. The lowest BCUT2D eigenvalue weighted by Crippen LogP contribution is -2.10. The van der Waals surface area contributed by atoms with Crippen LogP contribution in [0.5, 0.6) is 0 Å². The molecule has 0 unspecified atom stereocenters. The van der Waals surface area contributed by atoms with E-state index in [2.05, 4.69) is 20.4 Å². The van der Waals surface area contributed by atoms with E-state index in [0.29, 0.717) is 11.6 Å². The SMILES string of the molecule is CCn1cncc1-c1nc(C)cc(NN)n1. The molecule has 0 amide bonds. The molecule has 0 aliphatic rings. The lowest BCUT2D eigenvalue weighted by molar-refractivity contribution is 0.763. The Labute approximate surface area is 93.5 Å². The second-order valence-corrected chi connectivity index (χ2v) is 3.43. The molecule has 6 heteroatoms. The standard InChI is InChI=1S/C10H14N6/c1-3-16-6-12-5-8(16)10-13-7(2)4-9(14-10)15-11/h4-6H,3,11H2,1-2H3,(H,13,14,15). The minimum absolute atomic E-state index is 0.603. The number of nitrogen functional groups attached to an aromatic ring is 1. The summed E-state index contributed by atoms with van der Waals surface area (Å²) in [6, 6.07) is 1.79. The van der Waals surface area contributed by atoms with Gasteiger partial charge in [-0.05, 0) is 13.8 Å². The maximum Gasteiger partial charge on any atom is 0.180 e. The van der Waals surface area contributed by atoms with E-state index in [1.807, 2.05) is 18.4 Å². The van der Waals surface area contributed by atoms with Crippen LogP contribution >= 0.6 is 0 Å². The van der Waals surface area contributed by atoms with Crippen molar-refractivity contribution in [3.63, 3.8) is 0 Å². The van der Waals surface area contributed by atoms with Crippen molar-refractivity contribution in [2.45, 2.75) is 20.4 Å². The van der Waals surface area contributed by atoms with E-state index in [4.69, 9.17) is 5.84 Å². The van der Waals surface area contributed by atoms with Crippen LogP contribution < -0.4 is 11.3 Å². The molecule has 16 heavy (non-hydrogen) atoms. The molecular weight excluding hydrogens is 204 g/mol. The summed E-state index contributed by atoms with van der Waals surface area (Å²) in [6.07, 6.45) is 3.51. The fourth-order valence-corrected chi connectivity index (χ4v) is 1.52. The quantitative estimate of drug-likeness (QED) is 0.592. The van der Waals surface area contributed by atoms with Crippen LogP contribution in [-0.4, -0.2) is 19.5 Å². The third kappa shape index (κ3) is 1.87. The number of nitrogens with two attached hydrogens (primary N) is 1. The number of rotatable bonds is 3. The molecule has 0 saturated carbocycles. The molecule has 0 atom stereocenters. The maximum absolute atomic E-state index is 5.35. The van der Waals surface area contributed by atoms with Crippen LogP contribution in [0.1, 0.15) is 12.6 Å². The molecule has 0 fully saturated rings. The van der Waals surface area contributed by atoms with Crippen molar-refractivity contribution in [1.82, 2.24) is 19.5 Å². The molecule has 0 spiro atoms. The highest BCUT2D eigenvalue weighted by atomic mass is 15.3. The zero-order valence-corrected chi connectivity index (χ0v) is 9.31. The summed E-state index contributed by atoms with van der Waals surface area (Å²) in [6.45, 7) is 4.78. The summed E-state index contributed by atoms with van der Waals surface area (Å²) in [5.41, 5.74) is 4.28. The van der Waals surface area contributed by atoms with Crippen molar-refractivity contribution in [2.75, 3.05) is 5.43 Å². The molecule has 6 nitrogen and oxygen atoms in total. The number of hydrogen-bond donors (Lipinski definition) is 2. The van der Waals surface area contributed by atoms with Gasteiger partial charge in [0.2, 0.25) is 0 Å². The van der Waals surface area contributed by atoms with Gasteiger partial charge in [-0.25, -0.2) is 20.8 Å². The summed E-state index contributed by atoms with van der Waals surface area (Å²) in [4.78, 5) is 12.7. The Morgan fingerprint density at radius 1 is 1.44 bits per heavy atom. The Kier molecular flexibility index (Phi) is 2.82. The average Bonchev–Trinajstić information content (AvgIpc) is 2.76. The Morgan fingerprint density at radius 3 is 2.94 bits per heavy atom. The van der Waals surface area contributed by atoms with Crippen molar-refractivity contribution in [2.24, 2.45) is 5.84 Å². The molecule has 0 saturated heterocycles. The second-order valence-electron chi connectivity index (χ2n) is 3.43. The highest BCUT2D eigenvalue weighted by Crippen LogP contribution is 2.16. The molecule has 2 heterocycles. The molecule has 0 aliphatic carbocycles. The first-order valence-corrected chi connectivity index (χ1v) is 5.07. The van der Waals surface area contributed by atoms with Crippen molar-refractivity contribution in [3.8, 4) is 11.5 Å². The fourth-order valence-electron chi connectivity index (χ4n) is 1.52. The Morgan fingerprint density at radius 2 is 2.25 bits per heavy atom. The zero-order valence-electron chi connectivity index (χ0n) is 9.31. The monoisotopic (exact) mass is 218 g/mol. The minimum atomic E-state index is 0.603. The number of anilines is 1. The van der Waals surface area contributed by atoms with Gasteiger partial charge in [0.1, 0.15) is 11.5 Å². The van der Waals surface area contributed by atoms with E-state index < -0.39 is 0 Å². The molecular formula is C10H14N6. The van der Waals surface area contributed by atoms with Gasteiger partial charge >= 0.3 is 0 Å². The lowest BCUT2D eigenvalue weighted by Gasteiger charge is -2.06. The van der Waals surface area contributed by atoms with Crippen LogP contribution in [0.2, 0.25) is 0 Å². The maximum atomic E-state index is 5.35. The van der Waals surface area contributed by atoms with Crippen LogP contribution in [0, 0.1) is 6.92 Å². The van der Waals surface area contributed by atoms with Gasteiger partial charge in [-0.2, -0.15) is 0 Å². The normalized spacial score (nSPS) is 10.4. The van der Waals surface area contributed by atoms with Gasteiger partial charge in [0.25, 0.3) is 0 Å². The van der Waals surface area contributed by atoms with Gasteiger partial charge in [-0.3, -0.25) is 0 Å². The summed E-state index contributed by atoms with van der Waals surface area (Å²) in [5, 5.41) is 0. The molecule has 0 bridgehead atoms. The number of aromatic nitrogens is 4. The first kappa shape index (κ1) is 10.6. The highest BCUT2D eigenvalue weighted by molar-refractivity contribution is 5.52. The molecule has 2 rings (SSSR count). The van der Waals surface area contributed by atoms with Gasteiger partial charge in [0, 0.05) is 18.3 Å². The minimum Gasteiger partial charge on any atom is -0.328 e. The van der Waals surface area contributed by atoms with Gasteiger partial charge in [0.15, 0.2) is 5.82 Å². The smallest absolute Gasteiger partial charge is 0.180 e. The lowest BCUT2D eigenvalue weighted by atomic mass is 10.3. The summed E-state index contributed by atoms with van der Waals surface area (Å²) < 4.78 is 1.98. The van der Waals surface area contributed by atoms with E-state index in [1.54, 1.807) is 18.6 Å². The third-order valence-electron chi connectivity index (χ3n) is 2.28. The van der Waals surface area contributed by atoms with E-state index in [-0.39, 0.29) is 0 Å². The topological polar surface area (TPSA) is 81.7 Å². The van der Waals surface area contributed by atoms with Crippen molar-refractivity contribution in [1.29, 1.82) is 0 Å². The van der Waals surface area contributed by atoms with E-state index >= 15 is 0 Å². The Balaban J connectivity index is 2.51. The number of nitrogens with one attached hydrogen (secondary N) is 1. The predicted octanol–water partition coefficient (Wildman–Crippen LogP) is 0.954. The Hall–Kier alpha value is -1.95. The van der Waals surface area contributed by atoms with E-state index in [0.717, 1.165) is 17.9 Å². The molecule has 0 radical (unpaired) electrons. The highest BCUT2D eigenvalue weighted by Gasteiger charge is 2.08. The first-order valence-electron chi connectivity index (χ1n) is 5.07. The number of aryl methyl sites for hydroxylation is 2. The first-order chi connectivity index (χ1) is 7.74. The van der Waals surface area contributed by atoms with Gasteiger partial charge in [-0.15, -0.1) is 0 Å². The molecule has 0 aliphatic heterocycles.